The predicted molar refractivity (Wildman–Crippen MR) is 86.8 cm³/mol. The van der Waals surface area contributed by atoms with Crippen molar-refractivity contribution in [3.8, 4) is 0 Å². The second-order valence-corrected chi connectivity index (χ2v) is 6.82. The van der Waals surface area contributed by atoms with E-state index in [0.29, 0.717) is 4.73 Å². The molecule has 5 nitrogen and oxygen atoms in total. The summed E-state index contributed by atoms with van der Waals surface area (Å²) in [7, 11) is 1.83. The van der Waals surface area contributed by atoms with Crippen LogP contribution >= 0.6 is 0 Å². The number of aromatic nitrogens is 1. The zero-order chi connectivity index (χ0) is 16.4. The van der Waals surface area contributed by atoms with Crippen molar-refractivity contribution < 1.29 is 14.3 Å². The van der Waals surface area contributed by atoms with Gasteiger partial charge in [-0.2, -0.15) is 4.73 Å². The van der Waals surface area contributed by atoms with Gasteiger partial charge in [0.05, 0.1) is 6.10 Å². The summed E-state index contributed by atoms with van der Waals surface area (Å²) in [6.07, 6.45) is 8.42. The third kappa shape index (κ3) is 2.71. The van der Waals surface area contributed by atoms with Crippen molar-refractivity contribution in [3.63, 3.8) is 0 Å². The molecule has 2 atom stereocenters. The molecular weight excluding hydrogens is 292 g/mol. The van der Waals surface area contributed by atoms with Gasteiger partial charge in [-0.1, -0.05) is 19.3 Å². The first kappa shape index (κ1) is 16.2. The van der Waals surface area contributed by atoms with E-state index in [1.807, 2.05) is 14.0 Å². The molecule has 0 N–H and O–H groups in total. The number of nitrogens with zero attached hydrogens (tertiary/aromatic N) is 2. The van der Waals surface area contributed by atoms with Gasteiger partial charge >= 0.3 is 5.91 Å². The Bertz CT molecular complexity index is 569. The van der Waals surface area contributed by atoms with Gasteiger partial charge in [0.1, 0.15) is 0 Å². The van der Waals surface area contributed by atoms with Crippen molar-refractivity contribution in [2.75, 3.05) is 13.7 Å². The molecule has 2 aliphatic rings. The normalized spacial score (nSPS) is 25.8. The molecule has 1 spiro atoms. The highest BCUT2D eigenvalue weighted by atomic mass is 16.5. The van der Waals surface area contributed by atoms with E-state index in [9.17, 15) is 10.0 Å². The van der Waals surface area contributed by atoms with Gasteiger partial charge in [-0.05, 0) is 32.3 Å². The monoisotopic (exact) mass is 318 g/mol. The Balaban J connectivity index is 1.80. The third-order valence-corrected chi connectivity index (χ3v) is 5.73. The number of rotatable bonds is 4. The highest BCUT2D eigenvalue weighted by Crippen LogP contribution is 2.55. The van der Waals surface area contributed by atoms with Crippen LogP contribution in [0.1, 0.15) is 55.9 Å². The summed E-state index contributed by atoms with van der Waals surface area (Å²) in [5.74, 6) is -0.189. The van der Waals surface area contributed by atoms with E-state index in [0.717, 1.165) is 25.9 Å². The van der Waals surface area contributed by atoms with Gasteiger partial charge in [0, 0.05) is 37.2 Å². The molecule has 1 heterocycles. The fourth-order valence-corrected chi connectivity index (χ4v) is 4.49. The molecule has 0 saturated heterocycles. The maximum atomic E-state index is 12.8. The van der Waals surface area contributed by atoms with Crippen LogP contribution in [0.2, 0.25) is 0 Å². The number of carbonyl (C=O) groups is 1. The van der Waals surface area contributed by atoms with Crippen LogP contribution in [-0.4, -0.2) is 36.6 Å². The lowest BCUT2D eigenvalue weighted by Crippen LogP contribution is -2.66. The molecule has 2 aliphatic carbocycles. The number of hydrogen-bond acceptors (Lipinski definition) is 3. The van der Waals surface area contributed by atoms with Gasteiger partial charge in [-0.15, -0.1) is 0 Å². The quantitative estimate of drug-likeness (QED) is 0.633. The van der Waals surface area contributed by atoms with Crippen molar-refractivity contribution in [1.82, 2.24) is 4.90 Å². The Labute approximate surface area is 137 Å². The Morgan fingerprint density at radius 2 is 2.13 bits per heavy atom. The molecule has 1 aromatic rings. The lowest BCUT2D eigenvalue weighted by atomic mass is 9.54. The number of ether oxygens (including phenoxy) is 1. The van der Waals surface area contributed by atoms with Gasteiger partial charge < -0.3 is 14.8 Å². The standard InChI is InChI=1S/C18H26N2O3/c1-3-23-16-13-15(18(16)10-6-4-7-11-18)19(2)17(21)14-9-5-8-12-20(14)22/h5,8-9,12,15-16H,3-4,6-7,10-11,13H2,1-2H3/t15-,16-/m1/s1. The molecule has 0 bridgehead atoms. The lowest BCUT2D eigenvalue weighted by molar-refractivity contribution is -0.608. The average Bonchev–Trinajstić information content (AvgIpc) is 2.58. The first-order chi connectivity index (χ1) is 11.1. The van der Waals surface area contributed by atoms with E-state index in [4.69, 9.17) is 4.74 Å². The molecule has 0 aliphatic heterocycles. The van der Waals surface area contributed by atoms with Crippen LogP contribution in [0.4, 0.5) is 0 Å². The maximum Gasteiger partial charge on any atom is 0.319 e. The molecule has 2 fully saturated rings. The molecular formula is C18H26N2O3. The topological polar surface area (TPSA) is 56.5 Å². The predicted octanol–water partition coefficient (Wildman–Crippen LogP) is 2.52. The summed E-state index contributed by atoms with van der Waals surface area (Å²) in [5.41, 5.74) is 0.280. The second-order valence-electron chi connectivity index (χ2n) is 6.82. The van der Waals surface area contributed by atoms with Gasteiger partial charge in [0.25, 0.3) is 5.69 Å². The zero-order valence-electron chi connectivity index (χ0n) is 14.0. The number of hydrogen-bond donors (Lipinski definition) is 0. The van der Waals surface area contributed by atoms with E-state index in [2.05, 4.69) is 0 Å². The molecule has 126 valence electrons. The van der Waals surface area contributed by atoms with Crippen LogP contribution in [0.3, 0.4) is 0 Å². The Morgan fingerprint density at radius 1 is 1.39 bits per heavy atom. The molecule has 23 heavy (non-hydrogen) atoms. The summed E-state index contributed by atoms with van der Waals surface area (Å²) >= 11 is 0. The lowest BCUT2D eigenvalue weighted by Gasteiger charge is -2.59. The molecule has 5 heteroatoms. The summed E-state index contributed by atoms with van der Waals surface area (Å²) in [6, 6.07) is 5.14. The minimum atomic E-state index is -0.189. The van der Waals surface area contributed by atoms with E-state index in [1.54, 1.807) is 23.1 Å². The fraction of sp³-hybridized carbons (Fsp3) is 0.667. The van der Waals surface area contributed by atoms with Crippen LogP contribution in [0.15, 0.2) is 24.4 Å². The van der Waals surface area contributed by atoms with E-state index < -0.39 is 0 Å². The summed E-state index contributed by atoms with van der Waals surface area (Å²) in [5, 5.41) is 11.9. The van der Waals surface area contributed by atoms with Gasteiger partial charge in [-0.3, -0.25) is 4.79 Å². The van der Waals surface area contributed by atoms with Crippen LogP contribution in [0.25, 0.3) is 0 Å². The first-order valence-corrected chi connectivity index (χ1v) is 8.67. The van der Waals surface area contributed by atoms with Crippen LogP contribution < -0.4 is 4.73 Å². The van der Waals surface area contributed by atoms with E-state index in [1.165, 1.54) is 25.5 Å². The minimum absolute atomic E-state index is 0.0845. The van der Waals surface area contributed by atoms with E-state index in [-0.39, 0.29) is 29.2 Å². The smallest absolute Gasteiger partial charge is 0.319 e. The minimum Gasteiger partial charge on any atom is -0.618 e. The highest BCUT2D eigenvalue weighted by molar-refractivity contribution is 5.91. The molecule has 1 amide bonds. The second kappa shape index (κ2) is 6.48. The molecule has 0 unspecified atom stereocenters. The Kier molecular flexibility index (Phi) is 4.57. The maximum absolute atomic E-state index is 12.8. The van der Waals surface area contributed by atoms with Crippen molar-refractivity contribution in [1.29, 1.82) is 0 Å². The van der Waals surface area contributed by atoms with Gasteiger partial charge in [-0.25, -0.2) is 0 Å². The largest absolute Gasteiger partial charge is 0.618 e. The van der Waals surface area contributed by atoms with Crippen LogP contribution in [0, 0.1) is 10.6 Å². The average molecular weight is 318 g/mol. The molecule has 3 rings (SSSR count). The summed E-state index contributed by atoms with van der Waals surface area (Å²) in [6.45, 7) is 2.75. The molecule has 2 saturated carbocycles. The van der Waals surface area contributed by atoms with Crippen molar-refractivity contribution in [2.45, 2.75) is 57.6 Å². The summed E-state index contributed by atoms with van der Waals surface area (Å²) in [4.78, 5) is 14.5. The van der Waals surface area contributed by atoms with E-state index >= 15 is 0 Å². The molecule has 0 radical (unpaired) electrons. The van der Waals surface area contributed by atoms with Crippen molar-refractivity contribution in [2.24, 2.45) is 5.41 Å². The number of amides is 1. The third-order valence-electron chi connectivity index (χ3n) is 5.73. The van der Waals surface area contributed by atoms with Crippen LogP contribution in [0.5, 0.6) is 0 Å². The molecule has 1 aromatic heterocycles. The zero-order valence-corrected chi connectivity index (χ0v) is 14.0. The fourth-order valence-electron chi connectivity index (χ4n) is 4.49. The highest BCUT2D eigenvalue weighted by Gasteiger charge is 2.58. The Hall–Kier alpha value is -1.62. The van der Waals surface area contributed by atoms with Crippen molar-refractivity contribution in [3.05, 3.63) is 35.3 Å². The summed E-state index contributed by atoms with van der Waals surface area (Å²) < 4.78 is 6.61. The molecule has 0 aromatic carbocycles. The van der Waals surface area contributed by atoms with Gasteiger partial charge in [0.15, 0.2) is 6.20 Å². The first-order valence-electron chi connectivity index (χ1n) is 8.67. The Morgan fingerprint density at radius 3 is 2.78 bits per heavy atom. The van der Waals surface area contributed by atoms with Crippen LogP contribution in [-0.2, 0) is 4.74 Å². The SMILES string of the molecule is CCO[C@@H]1C[C@@H](N(C)C(=O)c2cccc[n+]2[O-])C12CCCCC2. The van der Waals surface area contributed by atoms with Crippen molar-refractivity contribution >= 4 is 5.91 Å². The van der Waals surface area contributed by atoms with Gasteiger partial charge in [0.2, 0.25) is 0 Å². The number of pyridine rings is 1. The number of carbonyl (C=O) groups excluding carboxylic acids is 1.